The molecule has 1 amide bonds. The van der Waals surface area contributed by atoms with Gasteiger partial charge in [0.2, 0.25) is 0 Å². The zero-order valence-electron chi connectivity index (χ0n) is 10.9. The van der Waals surface area contributed by atoms with Gasteiger partial charge >= 0.3 is 0 Å². The molecule has 0 spiro atoms. The van der Waals surface area contributed by atoms with Crippen LogP contribution in [0, 0.1) is 6.92 Å². The van der Waals surface area contributed by atoms with Gasteiger partial charge in [0.05, 0.1) is 0 Å². The molecule has 1 saturated carbocycles. The second-order valence-corrected chi connectivity index (χ2v) is 5.94. The Kier molecular flexibility index (Phi) is 4.17. The summed E-state index contributed by atoms with van der Waals surface area (Å²) in [6, 6.07) is 5.78. The number of aryl methyl sites for hydroxylation is 1. The lowest BCUT2D eigenvalue weighted by molar-refractivity contribution is 0.0938. The number of benzene rings is 1. The zero-order valence-corrected chi connectivity index (χ0v) is 11.7. The van der Waals surface area contributed by atoms with E-state index in [2.05, 4.69) is 11.6 Å². The number of nitrogens with two attached hydrogens (primary N) is 1. The van der Waals surface area contributed by atoms with Crippen LogP contribution in [-0.4, -0.2) is 23.5 Å². The van der Waals surface area contributed by atoms with E-state index in [1.807, 2.05) is 30.8 Å². The molecule has 2 unspecified atom stereocenters. The van der Waals surface area contributed by atoms with Gasteiger partial charge in [0.1, 0.15) is 0 Å². The van der Waals surface area contributed by atoms with Crippen molar-refractivity contribution in [2.45, 2.75) is 37.5 Å². The fourth-order valence-electron chi connectivity index (χ4n) is 2.50. The highest BCUT2D eigenvalue weighted by molar-refractivity contribution is 7.99. The molecule has 3 nitrogen and oxygen atoms in total. The minimum absolute atomic E-state index is 0.00532. The van der Waals surface area contributed by atoms with E-state index in [9.17, 15) is 4.79 Å². The Morgan fingerprint density at radius 1 is 1.44 bits per heavy atom. The molecule has 18 heavy (non-hydrogen) atoms. The highest BCUT2D eigenvalue weighted by Gasteiger charge is 2.28. The lowest BCUT2D eigenvalue weighted by atomic mass is 10.1. The molecule has 1 aromatic rings. The molecule has 4 heteroatoms. The molecule has 0 heterocycles. The Morgan fingerprint density at radius 2 is 2.22 bits per heavy atom. The van der Waals surface area contributed by atoms with Crippen LogP contribution >= 0.6 is 11.8 Å². The molecule has 1 aromatic carbocycles. The number of thioether (sulfide) groups is 1. The fourth-order valence-corrected chi connectivity index (χ4v) is 3.44. The quantitative estimate of drug-likeness (QED) is 0.825. The molecule has 0 saturated heterocycles. The monoisotopic (exact) mass is 264 g/mol. The van der Waals surface area contributed by atoms with Crippen LogP contribution in [0.25, 0.3) is 0 Å². The van der Waals surface area contributed by atoms with Crippen LogP contribution in [0.4, 0.5) is 5.69 Å². The van der Waals surface area contributed by atoms with Gasteiger partial charge in [0, 0.05) is 22.5 Å². The topological polar surface area (TPSA) is 55.1 Å². The Bertz CT molecular complexity index is 447. The molecule has 1 fully saturated rings. The number of hydrogen-bond acceptors (Lipinski definition) is 3. The van der Waals surface area contributed by atoms with Crippen molar-refractivity contribution in [3.63, 3.8) is 0 Å². The molecule has 1 aliphatic rings. The summed E-state index contributed by atoms with van der Waals surface area (Å²) >= 11 is 1.85. The van der Waals surface area contributed by atoms with Gasteiger partial charge in [-0.1, -0.05) is 12.5 Å². The average Bonchev–Trinajstić information content (AvgIpc) is 2.79. The summed E-state index contributed by atoms with van der Waals surface area (Å²) in [6.45, 7) is 1.94. The molecule has 3 N–H and O–H groups in total. The van der Waals surface area contributed by atoms with Crippen LogP contribution in [0.1, 0.15) is 35.2 Å². The molecule has 2 atom stereocenters. The Balaban J connectivity index is 2.09. The predicted octanol–water partition coefficient (Wildman–Crippen LogP) is 2.59. The number of carbonyl (C=O) groups is 1. The van der Waals surface area contributed by atoms with Crippen molar-refractivity contribution in [3.8, 4) is 0 Å². The second-order valence-electron chi connectivity index (χ2n) is 4.86. The third kappa shape index (κ3) is 2.80. The zero-order chi connectivity index (χ0) is 13.1. The normalized spacial score (nSPS) is 23.0. The molecular weight excluding hydrogens is 244 g/mol. The van der Waals surface area contributed by atoms with Crippen molar-refractivity contribution in [3.05, 3.63) is 29.3 Å². The van der Waals surface area contributed by atoms with E-state index in [-0.39, 0.29) is 5.91 Å². The van der Waals surface area contributed by atoms with Gasteiger partial charge in [-0.25, -0.2) is 0 Å². The van der Waals surface area contributed by atoms with Gasteiger partial charge < -0.3 is 11.1 Å². The first-order valence-electron chi connectivity index (χ1n) is 6.31. The second kappa shape index (κ2) is 5.65. The van der Waals surface area contributed by atoms with Gasteiger partial charge in [-0.2, -0.15) is 11.8 Å². The van der Waals surface area contributed by atoms with Crippen LogP contribution in [0.5, 0.6) is 0 Å². The van der Waals surface area contributed by atoms with E-state index in [1.54, 1.807) is 6.07 Å². The van der Waals surface area contributed by atoms with Gasteiger partial charge in [0.15, 0.2) is 0 Å². The predicted molar refractivity (Wildman–Crippen MR) is 78.0 cm³/mol. The lowest BCUT2D eigenvalue weighted by Crippen LogP contribution is -2.38. The average molecular weight is 264 g/mol. The highest BCUT2D eigenvalue weighted by Crippen LogP contribution is 2.28. The summed E-state index contributed by atoms with van der Waals surface area (Å²) in [7, 11) is 0. The van der Waals surface area contributed by atoms with Crippen LogP contribution < -0.4 is 11.1 Å². The number of carbonyl (C=O) groups excluding carboxylic acids is 1. The lowest BCUT2D eigenvalue weighted by Gasteiger charge is -2.19. The number of rotatable bonds is 3. The van der Waals surface area contributed by atoms with E-state index >= 15 is 0 Å². The van der Waals surface area contributed by atoms with Crippen molar-refractivity contribution in [2.24, 2.45) is 0 Å². The van der Waals surface area contributed by atoms with E-state index in [4.69, 9.17) is 5.73 Å². The van der Waals surface area contributed by atoms with E-state index in [1.165, 1.54) is 12.8 Å². The van der Waals surface area contributed by atoms with Crippen LogP contribution in [0.15, 0.2) is 18.2 Å². The van der Waals surface area contributed by atoms with Gasteiger partial charge in [0.25, 0.3) is 5.91 Å². The maximum atomic E-state index is 12.3. The maximum absolute atomic E-state index is 12.3. The van der Waals surface area contributed by atoms with Gasteiger partial charge in [-0.3, -0.25) is 4.79 Å². The first-order chi connectivity index (χ1) is 8.61. The van der Waals surface area contributed by atoms with Crippen LogP contribution in [-0.2, 0) is 0 Å². The molecule has 2 rings (SSSR count). The number of hydrogen-bond donors (Lipinski definition) is 2. The van der Waals surface area contributed by atoms with Crippen molar-refractivity contribution in [2.75, 3.05) is 12.0 Å². The van der Waals surface area contributed by atoms with Crippen molar-refractivity contribution in [1.82, 2.24) is 5.32 Å². The molecule has 98 valence electrons. The number of anilines is 1. The molecule has 0 bridgehead atoms. The summed E-state index contributed by atoms with van der Waals surface area (Å²) in [5.41, 5.74) is 8.05. The van der Waals surface area contributed by atoms with Gasteiger partial charge in [-0.15, -0.1) is 0 Å². The Labute approximate surface area is 113 Å². The summed E-state index contributed by atoms with van der Waals surface area (Å²) in [5.74, 6) is 0.00532. The molecule has 0 aromatic heterocycles. The SMILES string of the molecule is CSC1CCCC1NC(=O)c1cc(N)ccc1C. The smallest absolute Gasteiger partial charge is 0.251 e. The largest absolute Gasteiger partial charge is 0.399 e. The maximum Gasteiger partial charge on any atom is 0.251 e. The van der Waals surface area contributed by atoms with Crippen molar-refractivity contribution < 1.29 is 4.79 Å². The first-order valence-corrected chi connectivity index (χ1v) is 7.60. The Hall–Kier alpha value is -1.16. The number of nitrogen functional groups attached to an aromatic ring is 1. The number of amides is 1. The summed E-state index contributed by atoms with van der Waals surface area (Å²) < 4.78 is 0. The molecule has 0 aliphatic heterocycles. The minimum atomic E-state index is 0.00532. The van der Waals surface area contributed by atoms with E-state index in [0.29, 0.717) is 22.5 Å². The molecule has 1 aliphatic carbocycles. The van der Waals surface area contributed by atoms with Crippen LogP contribution in [0.2, 0.25) is 0 Å². The third-order valence-electron chi connectivity index (χ3n) is 3.58. The fraction of sp³-hybridized carbons (Fsp3) is 0.500. The standard InChI is InChI=1S/C14H20N2OS/c1-9-6-7-10(15)8-11(9)14(17)16-12-4-3-5-13(12)18-2/h6-8,12-13H,3-5,15H2,1-2H3,(H,16,17). The minimum Gasteiger partial charge on any atom is -0.399 e. The molecular formula is C14H20N2OS. The molecule has 0 radical (unpaired) electrons. The first kappa shape index (κ1) is 13.3. The van der Waals surface area contributed by atoms with E-state index in [0.717, 1.165) is 12.0 Å². The van der Waals surface area contributed by atoms with Gasteiger partial charge in [-0.05, 0) is 43.7 Å². The van der Waals surface area contributed by atoms with Crippen molar-refractivity contribution >= 4 is 23.4 Å². The summed E-state index contributed by atoms with van der Waals surface area (Å²) in [5, 5.41) is 3.70. The Morgan fingerprint density at radius 3 is 2.94 bits per heavy atom. The van der Waals surface area contributed by atoms with E-state index < -0.39 is 0 Å². The summed E-state index contributed by atoms with van der Waals surface area (Å²) in [4.78, 5) is 12.3. The third-order valence-corrected chi connectivity index (χ3v) is 4.75. The van der Waals surface area contributed by atoms with Crippen molar-refractivity contribution in [1.29, 1.82) is 0 Å². The highest BCUT2D eigenvalue weighted by atomic mass is 32.2. The summed E-state index contributed by atoms with van der Waals surface area (Å²) in [6.07, 6.45) is 5.59. The number of nitrogens with one attached hydrogen (secondary N) is 1. The van der Waals surface area contributed by atoms with Crippen LogP contribution in [0.3, 0.4) is 0 Å².